The van der Waals surface area contributed by atoms with Crippen LogP contribution in [0.25, 0.3) is 17.0 Å². The van der Waals surface area contributed by atoms with Crippen LogP contribution in [0.1, 0.15) is 5.69 Å². The lowest BCUT2D eigenvalue weighted by molar-refractivity contribution is 1.43. The van der Waals surface area contributed by atoms with Gasteiger partial charge in [0.1, 0.15) is 0 Å². The van der Waals surface area contributed by atoms with Gasteiger partial charge in [-0.3, -0.25) is 0 Å². The second kappa shape index (κ2) is 2.68. The number of fused-ring (bicyclic) bond motifs is 1. The van der Waals surface area contributed by atoms with E-state index in [2.05, 4.69) is 11.6 Å². The first-order chi connectivity index (χ1) is 5.79. The largest absolute Gasteiger partial charge is 0.355 e. The van der Waals surface area contributed by atoms with Gasteiger partial charge in [0.25, 0.3) is 0 Å². The van der Waals surface area contributed by atoms with E-state index in [0.29, 0.717) is 0 Å². The highest BCUT2D eigenvalue weighted by molar-refractivity contribution is 6.31. The molecule has 0 saturated carbocycles. The topological polar surface area (TPSA) is 15.8 Å². The average molecular weight is 178 g/mol. The summed E-state index contributed by atoms with van der Waals surface area (Å²) in [5.74, 6) is 0. The van der Waals surface area contributed by atoms with Gasteiger partial charge >= 0.3 is 0 Å². The molecule has 60 valence electrons. The van der Waals surface area contributed by atoms with Crippen molar-refractivity contribution in [2.45, 2.75) is 0 Å². The van der Waals surface area contributed by atoms with Crippen LogP contribution in [0.4, 0.5) is 0 Å². The maximum atomic E-state index is 5.83. The summed E-state index contributed by atoms with van der Waals surface area (Å²) in [5, 5.41) is 1.88. The minimum Gasteiger partial charge on any atom is -0.355 e. The Morgan fingerprint density at radius 3 is 2.92 bits per heavy atom. The molecule has 0 atom stereocenters. The molecule has 1 aromatic carbocycles. The molecule has 1 heterocycles. The third-order valence-electron chi connectivity index (χ3n) is 1.82. The number of hydrogen-bond acceptors (Lipinski definition) is 0. The molecule has 0 aliphatic carbocycles. The molecule has 0 bridgehead atoms. The maximum absolute atomic E-state index is 5.83. The molecule has 0 saturated heterocycles. The van der Waals surface area contributed by atoms with Crippen molar-refractivity contribution in [1.82, 2.24) is 4.98 Å². The molecule has 12 heavy (non-hydrogen) atoms. The number of rotatable bonds is 1. The fourth-order valence-electron chi connectivity index (χ4n) is 1.24. The Labute approximate surface area is 75.7 Å². The summed E-state index contributed by atoms with van der Waals surface area (Å²) >= 11 is 5.83. The lowest BCUT2D eigenvalue weighted by atomic mass is 10.2. The fourth-order valence-corrected chi connectivity index (χ4v) is 1.42. The van der Waals surface area contributed by atoms with E-state index in [-0.39, 0.29) is 0 Å². The summed E-state index contributed by atoms with van der Waals surface area (Å²) in [6.07, 6.45) is 1.79. The highest BCUT2D eigenvalue weighted by atomic mass is 35.5. The van der Waals surface area contributed by atoms with Crippen LogP contribution in [0.3, 0.4) is 0 Å². The van der Waals surface area contributed by atoms with E-state index in [0.717, 1.165) is 21.6 Å². The van der Waals surface area contributed by atoms with Crippen LogP contribution >= 0.6 is 11.6 Å². The molecule has 0 fully saturated rings. The smallest absolute Gasteiger partial charge is 0.0459 e. The molecule has 0 amide bonds. The lowest BCUT2D eigenvalue weighted by Gasteiger charge is -1.88. The van der Waals surface area contributed by atoms with Crippen LogP contribution in [0.2, 0.25) is 5.02 Å². The first-order valence-corrected chi connectivity index (χ1v) is 4.08. The van der Waals surface area contributed by atoms with Gasteiger partial charge < -0.3 is 4.98 Å². The van der Waals surface area contributed by atoms with E-state index in [1.54, 1.807) is 6.08 Å². The van der Waals surface area contributed by atoms with Gasteiger partial charge in [-0.25, -0.2) is 0 Å². The number of aromatic nitrogens is 1. The van der Waals surface area contributed by atoms with Gasteiger partial charge in [0, 0.05) is 21.6 Å². The first-order valence-electron chi connectivity index (χ1n) is 3.70. The van der Waals surface area contributed by atoms with Gasteiger partial charge in [-0.1, -0.05) is 18.2 Å². The number of aromatic amines is 1. The molecule has 1 N–H and O–H groups in total. The Bertz CT molecular complexity index is 428. The van der Waals surface area contributed by atoms with Crippen molar-refractivity contribution in [3.05, 3.63) is 41.6 Å². The Morgan fingerprint density at radius 1 is 1.33 bits per heavy atom. The minimum atomic E-state index is 0.761. The van der Waals surface area contributed by atoms with Crippen LogP contribution in [-0.4, -0.2) is 4.98 Å². The molecular formula is C10H8ClN. The molecule has 2 heteroatoms. The summed E-state index contributed by atoms with van der Waals surface area (Å²) < 4.78 is 0. The van der Waals surface area contributed by atoms with E-state index in [9.17, 15) is 0 Å². The maximum Gasteiger partial charge on any atom is 0.0459 e. The molecular weight excluding hydrogens is 170 g/mol. The van der Waals surface area contributed by atoms with Crippen LogP contribution in [0, 0.1) is 0 Å². The third-order valence-corrected chi connectivity index (χ3v) is 2.06. The fraction of sp³-hybridized carbons (Fsp3) is 0. The summed E-state index contributed by atoms with van der Waals surface area (Å²) in [7, 11) is 0. The Kier molecular flexibility index (Phi) is 1.66. The van der Waals surface area contributed by atoms with Crippen molar-refractivity contribution < 1.29 is 0 Å². The molecule has 0 radical (unpaired) electrons. The predicted molar refractivity (Wildman–Crippen MR) is 53.4 cm³/mol. The molecule has 0 aliphatic rings. The lowest BCUT2D eigenvalue weighted by Crippen LogP contribution is -1.67. The standard InChI is InChI=1S/C10H8ClN/c1-2-9-6-7-5-8(11)3-4-10(7)12-9/h2-6,12H,1H2. The monoisotopic (exact) mass is 177 g/mol. The molecule has 2 rings (SSSR count). The Morgan fingerprint density at radius 2 is 2.17 bits per heavy atom. The van der Waals surface area contributed by atoms with Crippen molar-refractivity contribution in [2.75, 3.05) is 0 Å². The Hall–Kier alpha value is -1.21. The highest BCUT2D eigenvalue weighted by Crippen LogP contribution is 2.20. The van der Waals surface area contributed by atoms with E-state index in [1.807, 2.05) is 24.3 Å². The second-order valence-corrected chi connectivity index (χ2v) is 3.10. The van der Waals surface area contributed by atoms with Crippen molar-refractivity contribution >= 4 is 28.6 Å². The zero-order chi connectivity index (χ0) is 8.55. The summed E-state index contributed by atoms with van der Waals surface area (Å²) in [6, 6.07) is 7.78. The van der Waals surface area contributed by atoms with Gasteiger partial charge in [0.15, 0.2) is 0 Å². The van der Waals surface area contributed by atoms with Gasteiger partial charge in [0.2, 0.25) is 0 Å². The first kappa shape index (κ1) is 7.44. The number of hydrogen-bond donors (Lipinski definition) is 1. The number of H-pyrrole nitrogens is 1. The Balaban J connectivity index is 2.75. The minimum absolute atomic E-state index is 0.761. The molecule has 0 aliphatic heterocycles. The summed E-state index contributed by atoms with van der Waals surface area (Å²) in [5.41, 5.74) is 2.11. The van der Waals surface area contributed by atoms with Crippen LogP contribution in [-0.2, 0) is 0 Å². The van der Waals surface area contributed by atoms with Crippen molar-refractivity contribution in [1.29, 1.82) is 0 Å². The molecule has 2 aromatic rings. The molecule has 0 unspecified atom stereocenters. The second-order valence-electron chi connectivity index (χ2n) is 2.66. The number of nitrogens with one attached hydrogen (secondary N) is 1. The van der Waals surface area contributed by atoms with Crippen LogP contribution in [0.5, 0.6) is 0 Å². The van der Waals surface area contributed by atoms with Crippen molar-refractivity contribution in [2.24, 2.45) is 0 Å². The van der Waals surface area contributed by atoms with Gasteiger partial charge in [-0.05, 0) is 30.3 Å². The van der Waals surface area contributed by atoms with E-state index in [4.69, 9.17) is 11.6 Å². The van der Waals surface area contributed by atoms with Gasteiger partial charge in [0.05, 0.1) is 0 Å². The van der Waals surface area contributed by atoms with Crippen molar-refractivity contribution in [3.63, 3.8) is 0 Å². The quantitative estimate of drug-likeness (QED) is 0.687. The van der Waals surface area contributed by atoms with Gasteiger partial charge in [-0.2, -0.15) is 0 Å². The zero-order valence-electron chi connectivity index (χ0n) is 6.47. The molecule has 1 aromatic heterocycles. The van der Waals surface area contributed by atoms with E-state index >= 15 is 0 Å². The normalized spacial score (nSPS) is 10.4. The van der Waals surface area contributed by atoms with Gasteiger partial charge in [-0.15, -0.1) is 0 Å². The molecule has 1 nitrogen and oxygen atoms in total. The SMILES string of the molecule is C=Cc1cc2cc(Cl)ccc2[nH]1. The average Bonchev–Trinajstić information content (AvgIpc) is 2.46. The number of benzene rings is 1. The number of halogens is 1. The third kappa shape index (κ3) is 1.12. The molecule has 0 spiro atoms. The summed E-state index contributed by atoms with van der Waals surface area (Å²) in [4.78, 5) is 3.20. The summed E-state index contributed by atoms with van der Waals surface area (Å²) in [6.45, 7) is 3.68. The van der Waals surface area contributed by atoms with Crippen LogP contribution in [0.15, 0.2) is 30.8 Å². The van der Waals surface area contributed by atoms with Crippen molar-refractivity contribution in [3.8, 4) is 0 Å². The predicted octanol–water partition coefficient (Wildman–Crippen LogP) is 3.46. The van der Waals surface area contributed by atoms with E-state index < -0.39 is 0 Å². The highest BCUT2D eigenvalue weighted by Gasteiger charge is 1.97. The zero-order valence-corrected chi connectivity index (χ0v) is 7.23. The van der Waals surface area contributed by atoms with Crippen LogP contribution < -0.4 is 0 Å². The van der Waals surface area contributed by atoms with E-state index in [1.165, 1.54) is 0 Å².